The van der Waals surface area contributed by atoms with E-state index in [-0.39, 0.29) is 5.54 Å². The Kier molecular flexibility index (Phi) is 4.73. The van der Waals surface area contributed by atoms with E-state index < -0.39 is 0 Å². The minimum Gasteiger partial charge on any atom is -0.308 e. The predicted molar refractivity (Wildman–Crippen MR) is 86.2 cm³/mol. The summed E-state index contributed by atoms with van der Waals surface area (Å²) in [5.41, 5.74) is 1.33. The summed E-state index contributed by atoms with van der Waals surface area (Å²) in [6.07, 6.45) is 4.48. The number of aromatic nitrogens is 3. The minimum absolute atomic E-state index is 0.00327. The molecule has 2 rings (SSSR count). The molecule has 1 aliphatic rings. The summed E-state index contributed by atoms with van der Waals surface area (Å²) in [4.78, 5) is 2.57. The van der Waals surface area contributed by atoms with Crippen LogP contribution in [-0.2, 0) is 12.1 Å². The third-order valence-corrected chi connectivity index (χ3v) is 4.24. The minimum atomic E-state index is 0.00327. The van der Waals surface area contributed by atoms with Crippen LogP contribution in [-0.4, -0.2) is 44.6 Å². The van der Waals surface area contributed by atoms with Gasteiger partial charge in [0.1, 0.15) is 0 Å². The second-order valence-corrected chi connectivity index (χ2v) is 8.14. The fraction of sp³-hybridized carbons (Fsp3) is 0.875. The molecule has 120 valence electrons. The number of likely N-dealkylation sites (tertiary alicyclic amines) is 1. The lowest BCUT2D eigenvalue weighted by atomic mass is 9.98. The summed E-state index contributed by atoms with van der Waals surface area (Å²) < 4.78 is 1.94. The first-order valence-corrected chi connectivity index (χ1v) is 8.06. The number of nitrogens with one attached hydrogen (secondary N) is 1. The molecule has 0 radical (unpaired) electrons. The molecule has 0 bridgehead atoms. The molecule has 1 fully saturated rings. The molecule has 1 aromatic heterocycles. The van der Waals surface area contributed by atoms with Crippen LogP contribution in [0, 0.1) is 0 Å². The molecule has 5 heteroatoms. The Bertz CT molecular complexity index is 444. The molecular formula is C16H31N5. The van der Waals surface area contributed by atoms with Crippen LogP contribution < -0.4 is 5.32 Å². The van der Waals surface area contributed by atoms with Crippen molar-refractivity contribution in [1.29, 1.82) is 0 Å². The van der Waals surface area contributed by atoms with Gasteiger partial charge in [-0.15, -0.1) is 5.10 Å². The Balaban J connectivity index is 1.79. The van der Waals surface area contributed by atoms with Crippen molar-refractivity contribution >= 4 is 0 Å². The molecule has 0 saturated carbocycles. The van der Waals surface area contributed by atoms with E-state index in [0.717, 1.165) is 12.2 Å². The lowest BCUT2D eigenvalue weighted by Crippen LogP contribution is -2.49. The van der Waals surface area contributed by atoms with Crippen molar-refractivity contribution in [3.8, 4) is 0 Å². The zero-order valence-electron chi connectivity index (χ0n) is 14.5. The van der Waals surface area contributed by atoms with Crippen molar-refractivity contribution < 1.29 is 0 Å². The zero-order chi connectivity index (χ0) is 15.7. The molecule has 0 unspecified atom stereocenters. The third kappa shape index (κ3) is 4.51. The first-order chi connectivity index (χ1) is 9.66. The van der Waals surface area contributed by atoms with E-state index in [0.29, 0.717) is 11.6 Å². The van der Waals surface area contributed by atoms with E-state index in [2.05, 4.69) is 68.3 Å². The van der Waals surface area contributed by atoms with Crippen LogP contribution in [0.15, 0.2) is 6.20 Å². The number of nitrogens with zero attached hydrogens (tertiary/aromatic N) is 4. The van der Waals surface area contributed by atoms with E-state index in [1.807, 2.05) is 4.68 Å². The predicted octanol–water partition coefficient (Wildman–Crippen LogP) is 2.39. The Labute approximate surface area is 129 Å². The van der Waals surface area contributed by atoms with E-state index in [4.69, 9.17) is 0 Å². The summed E-state index contributed by atoms with van der Waals surface area (Å²) >= 11 is 0. The molecule has 1 aliphatic heterocycles. The van der Waals surface area contributed by atoms with Gasteiger partial charge in [-0.05, 0) is 54.4 Å². The average molecular weight is 293 g/mol. The largest absolute Gasteiger partial charge is 0.308 e. The summed E-state index contributed by atoms with van der Waals surface area (Å²) in [5.74, 6) is 0. The van der Waals surface area contributed by atoms with Gasteiger partial charge in [0.05, 0.1) is 17.4 Å². The molecule has 21 heavy (non-hydrogen) atoms. The van der Waals surface area contributed by atoms with Gasteiger partial charge in [-0.2, -0.15) is 0 Å². The molecule has 1 aromatic rings. The second kappa shape index (κ2) is 6.05. The van der Waals surface area contributed by atoms with Crippen molar-refractivity contribution in [2.24, 2.45) is 0 Å². The zero-order valence-corrected chi connectivity index (χ0v) is 14.5. The first kappa shape index (κ1) is 16.4. The fourth-order valence-electron chi connectivity index (χ4n) is 2.71. The van der Waals surface area contributed by atoms with Crippen LogP contribution in [0.5, 0.6) is 0 Å². The smallest absolute Gasteiger partial charge is 0.0965 e. The van der Waals surface area contributed by atoms with Crippen LogP contribution in [0.25, 0.3) is 0 Å². The molecule has 1 N–H and O–H groups in total. The Morgan fingerprint density at radius 3 is 2.19 bits per heavy atom. The SMILES string of the molecule is CC(C)(C)N1CCC(NCc2cn(C(C)(C)C)nn2)CC1. The third-order valence-electron chi connectivity index (χ3n) is 4.24. The average Bonchev–Trinajstić information content (AvgIpc) is 2.84. The van der Waals surface area contributed by atoms with Crippen molar-refractivity contribution in [3.05, 3.63) is 11.9 Å². The molecule has 0 amide bonds. The number of hydrogen-bond acceptors (Lipinski definition) is 4. The topological polar surface area (TPSA) is 46.0 Å². The summed E-state index contributed by atoms with van der Waals surface area (Å²) in [7, 11) is 0. The molecule has 2 heterocycles. The van der Waals surface area contributed by atoms with Crippen LogP contribution in [0.3, 0.4) is 0 Å². The maximum atomic E-state index is 4.26. The molecule has 5 nitrogen and oxygen atoms in total. The molecule has 1 saturated heterocycles. The monoisotopic (exact) mass is 293 g/mol. The maximum Gasteiger partial charge on any atom is 0.0965 e. The first-order valence-electron chi connectivity index (χ1n) is 8.06. The van der Waals surface area contributed by atoms with E-state index in [1.54, 1.807) is 0 Å². The highest BCUT2D eigenvalue weighted by atomic mass is 15.4. The molecule has 0 aromatic carbocycles. The fourth-order valence-corrected chi connectivity index (χ4v) is 2.71. The highest BCUT2D eigenvalue weighted by Crippen LogP contribution is 2.20. The van der Waals surface area contributed by atoms with Gasteiger partial charge in [0.2, 0.25) is 0 Å². The molecule has 0 atom stereocenters. The molecule has 0 aliphatic carbocycles. The Morgan fingerprint density at radius 1 is 1.10 bits per heavy atom. The quantitative estimate of drug-likeness (QED) is 0.929. The highest BCUT2D eigenvalue weighted by molar-refractivity contribution is 4.95. The molecule has 0 spiro atoms. The van der Waals surface area contributed by atoms with Gasteiger partial charge in [0, 0.05) is 31.2 Å². The van der Waals surface area contributed by atoms with Gasteiger partial charge in [0.15, 0.2) is 0 Å². The summed E-state index contributed by atoms with van der Waals surface area (Å²) in [6.45, 7) is 16.5. The standard InChI is InChI=1S/C16H31N5/c1-15(2,3)20-9-7-13(8-10-20)17-11-14-12-21(19-18-14)16(4,5)6/h12-13,17H,7-11H2,1-6H3. The number of hydrogen-bond donors (Lipinski definition) is 1. The van der Waals surface area contributed by atoms with Crippen molar-refractivity contribution in [2.75, 3.05) is 13.1 Å². The Morgan fingerprint density at radius 2 is 1.71 bits per heavy atom. The summed E-state index contributed by atoms with van der Waals surface area (Å²) in [6, 6.07) is 0.600. The number of rotatable bonds is 3. The van der Waals surface area contributed by atoms with Gasteiger partial charge in [-0.25, -0.2) is 4.68 Å². The van der Waals surface area contributed by atoms with Gasteiger partial charge in [0.25, 0.3) is 0 Å². The Hall–Kier alpha value is -0.940. The van der Waals surface area contributed by atoms with Crippen LogP contribution in [0.1, 0.15) is 60.1 Å². The van der Waals surface area contributed by atoms with E-state index in [1.165, 1.54) is 25.9 Å². The van der Waals surface area contributed by atoms with Crippen molar-refractivity contribution in [2.45, 2.75) is 78.0 Å². The maximum absolute atomic E-state index is 4.26. The van der Waals surface area contributed by atoms with Crippen LogP contribution in [0.2, 0.25) is 0 Å². The van der Waals surface area contributed by atoms with E-state index in [9.17, 15) is 0 Å². The van der Waals surface area contributed by atoms with Gasteiger partial charge < -0.3 is 5.32 Å². The second-order valence-electron chi connectivity index (χ2n) is 8.14. The van der Waals surface area contributed by atoms with Gasteiger partial charge in [-0.1, -0.05) is 5.21 Å². The van der Waals surface area contributed by atoms with Crippen molar-refractivity contribution in [1.82, 2.24) is 25.2 Å². The summed E-state index contributed by atoms with van der Waals surface area (Å²) in [5, 5.41) is 12.1. The molecular weight excluding hydrogens is 262 g/mol. The van der Waals surface area contributed by atoms with E-state index >= 15 is 0 Å². The van der Waals surface area contributed by atoms with Crippen LogP contribution >= 0.6 is 0 Å². The normalized spacial score (nSPS) is 19.1. The van der Waals surface area contributed by atoms with Gasteiger partial charge >= 0.3 is 0 Å². The lowest BCUT2D eigenvalue weighted by molar-refractivity contribution is 0.0959. The highest BCUT2D eigenvalue weighted by Gasteiger charge is 2.26. The van der Waals surface area contributed by atoms with Crippen molar-refractivity contribution in [3.63, 3.8) is 0 Å². The number of piperidine rings is 1. The van der Waals surface area contributed by atoms with Gasteiger partial charge in [-0.3, -0.25) is 4.90 Å². The van der Waals surface area contributed by atoms with Crippen LogP contribution in [0.4, 0.5) is 0 Å². The lowest BCUT2D eigenvalue weighted by Gasteiger charge is -2.41.